The molecule has 0 saturated carbocycles. The quantitative estimate of drug-likeness (QED) is 0.554. The van der Waals surface area contributed by atoms with Crippen LogP contribution in [0.2, 0.25) is 5.02 Å². The molecule has 2 aromatic carbocycles. The summed E-state index contributed by atoms with van der Waals surface area (Å²) in [5.41, 5.74) is 1.30. The highest BCUT2D eigenvalue weighted by atomic mass is 35.5. The van der Waals surface area contributed by atoms with Gasteiger partial charge in [0.1, 0.15) is 11.6 Å². The first kappa shape index (κ1) is 21.5. The zero-order valence-electron chi connectivity index (χ0n) is 16.3. The molecule has 0 bridgehead atoms. The third kappa shape index (κ3) is 5.90. The average Bonchev–Trinajstić information content (AvgIpc) is 2.74. The molecule has 30 heavy (non-hydrogen) atoms. The lowest BCUT2D eigenvalue weighted by atomic mass is 10.1. The van der Waals surface area contributed by atoms with Gasteiger partial charge in [0.2, 0.25) is 0 Å². The Morgan fingerprint density at radius 3 is 2.53 bits per heavy atom. The maximum atomic E-state index is 12.9. The summed E-state index contributed by atoms with van der Waals surface area (Å²) >= 11 is 5.91. The van der Waals surface area contributed by atoms with E-state index in [0.29, 0.717) is 36.0 Å². The summed E-state index contributed by atoms with van der Waals surface area (Å²) in [6.07, 6.45) is -0.212. The van der Waals surface area contributed by atoms with Crippen molar-refractivity contribution in [3.8, 4) is 17.0 Å². The molecule has 0 aliphatic rings. The Balaban J connectivity index is 1.50. The fraction of sp³-hybridized carbons (Fsp3) is 0.227. The number of rotatable bonds is 8. The molecule has 3 aromatic rings. The van der Waals surface area contributed by atoms with Crippen molar-refractivity contribution in [3.05, 3.63) is 81.9 Å². The Bertz CT molecular complexity index is 1050. The number of hydrogen-bond donors (Lipinski definition) is 1. The largest absolute Gasteiger partial charge is 0.481 e. The van der Waals surface area contributed by atoms with E-state index in [1.54, 1.807) is 25.1 Å². The maximum absolute atomic E-state index is 12.9. The molecule has 0 aliphatic heterocycles. The van der Waals surface area contributed by atoms with E-state index < -0.39 is 6.10 Å². The Kier molecular flexibility index (Phi) is 7.19. The van der Waals surface area contributed by atoms with Crippen molar-refractivity contribution in [2.75, 3.05) is 6.54 Å². The van der Waals surface area contributed by atoms with Crippen molar-refractivity contribution in [1.82, 2.24) is 15.1 Å². The second-order valence-electron chi connectivity index (χ2n) is 6.65. The van der Waals surface area contributed by atoms with Crippen molar-refractivity contribution in [3.63, 3.8) is 0 Å². The standard InChI is InChI=1S/C22H21ClFN3O3/c1-15(30-19-9-7-18(24)8-10-19)22(29)25-13-2-14-27-21(28)12-11-20(26-27)16-3-5-17(23)6-4-16/h3-12,15H,2,13-14H2,1H3,(H,25,29)/t15-/m1/s1. The lowest BCUT2D eigenvalue weighted by Crippen LogP contribution is -2.37. The number of halogens is 2. The van der Waals surface area contributed by atoms with Gasteiger partial charge < -0.3 is 10.1 Å². The number of carbonyl (C=O) groups excluding carboxylic acids is 1. The van der Waals surface area contributed by atoms with Gasteiger partial charge in [-0.2, -0.15) is 5.10 Å². The number of hydrogen-bond acceptors (Lipinski definition) is 4. The first-order valence-electron chi connectivity index (χ1n) is 9.46. The smallest absolute Gasteiger partial charge is 0.266 e. The lowest BCUT2D eigenvalue weighted by Gasteiger charge is -2.15. The van der Waals surface area contributed by atoms with Gasteiger partial charge in [0.25, 0.3) is 11.5 Å². The van der Waals surface area contributed by atoms with Crippen molar-refractivity contribution in [1.29, 1.82) is 0 Å². The van der Waals surface area contributed by atoms with Crippen LogP contribution in [0.3, 0.4) is 0 Å². The summed E-state index contributed by atoms with van der Waals surface area (Å²) in [6, 6.07) is 15.8. The van der Waals surface area contributed by atoms with Gasteiger partial charge in [-0.15, -0.1) is 0 Å². The SMILES string of the molecule is C[C@@H](Oc1ccc(F)cc1)C(=O)NCCCn1nc(-c2ccc(Cl)cc2)ccc1=O. The molecule has 0 spiro atoms. The molecule has 156 valence electrons. The predicted octanol–water partition coefficient (Wildman–Crippen LogP) is 3.68. The highest BCUT2D eigenvalue weighted by Crippen LogP contribution is 2.18. The fourth-order valence-electron chi connectivity index (χ4n) is 2.74. The minimum Gasteiger partial charge on any atom is -0.481 e. The zero-order chi connectivity index (χ0) is 21.5. The third-order valence-corrected chi connectivity index (χ3v) is 4.60. The van der Waals surface area contributed by atoms with E-state index in [4.69, 9.17) is 16.3 Å². The molecule has 3 rings (SSSR count). The van der Waals surface area contributed by atoms with Crippen LogP contribution in [0.4, 0.5) is 4.39 Å². The van der Waals surface area contributed by atoms with Gasteiger partial charge in [0, 0.05) is 29.7 Å². The summed E-state index contributed by atoms with van der Waals surface area (Å²) < 4.78 is 19.8. The minimum atomic E-state index is -0.732. The number of nitrogens with zero attached hydrogens (tertiary/aromatic N) is 2. The Labute approximate surface area is 178 Å². The van der Waals surface area contributed by atoms with E-state index in [9.17, 15) is 14.0 Å². The van der Waals surface area contributed by atoms with Crippen molar-refractivity contribution < 1.29 is 13.9 Å². The molecule has 1 atom stereocenters. The monoisotopic (exact) mass is 429 g/mol. The fourth-order valence-corrected chi connectivity index (χ4v) is 2.86. The minimum absolute atomic E-state index is 0.216. The molecule has 1 heterocycles. The third-order valence-electron chi connectivity index (χ3n) is 4.35. The average molecular weight is 430 g/mol. The van der Waals surface area contributed by atoms with E-state index in [0.717, 1.165) is 5.56 Å². The summed E-state index contributed by atoms with van der Waals surface area (Å²) in [4.78, 5) is 24.2. The van der Waals surface area contributed by atoms with Crippen LogP contribution in [-0.2, 0) is 11.3 Å². The molecule has 6 nitrogen and oxygen atoms in total. The van der Waals surface area contributed by atoms with Crippen molar-refractivity contribution >= 4 is 17.5 Å². The zero-order valence-corrected chi connectivity index (χ0v) is 17.1. The van der Waals surface area contributed by atoms with Crippen LogP contribution >= 0.6 is 11.6 Å². The van der Waals surface area contributed by atoms with Crippen LogP contribution in [-0.4, -0.2) is 28.3 Å². The molecule has 0 aliphatic carbocycles. The normalized spacial score (nSPS) is 11.7. The van der Waals surface area contributed by atoms with Gasteiger partial charge in [0.15, 0.2) is 6.10 Å². The Hall–Kier alpha value is -3.19. The summed E-state index contributed by atoms with van der Waals surface area (Å²) in [5.74, 6) is -0.258. The number of aryl methyl sites for hydroxylation is 1. The second-order valence-corrected chi connectivity index (χ2v) is 7.08. The summed E-state index contributed by atoms with van der Waals surface area (Å²) in [5, 5.41) is 7.77. The van der Waals surface area contributed by atoms with Gasteiger partial charge in [-0.05, 0) is 55.8 Å². The first-order valence-corrected chi connectivity index (χ1v) is 9.84. The lowest BCUT2D eigenvalue weighted by molar-refractivity contribution is -0.127. The topological polar surface area (TPSA) is 73.2 Å². The molecule has 0 saturated heterocycles. The van der Waals surface area contributed by atoms with E-state index >= 15 is 0 Å². The number of benzene rings is 2. The highest BCUT2D eigenvalue weighted by molar-refractivity contribution is 6.30. The van der Waals surface area contributed by atoms with Crippen LogP contribution in [0.5, 0.6) is 5.75 Å². The van der Waals surface area contributed by atoms with E-state index in [-0.39, 0.29) is 17.3 Å². The van der Waals surface area contributed by atoms with Crippen molar-refractivity contribution in [2.24, 2.45) is 0 Å². The molecule has 1 amide bonds. The molecular formula is C22H21ClFN3O3. The number of carbonyl (C=O) groups is 1. The molecule has 8 heteroatoms. The van der Waals surface area contributed by atoms with Crippen LogP contribution in [0.1, 0.15) is 13.3 Å². The van der Waals surface area contributed by atoms with Crippen LogP contribution < -0.4 is 15.6 Å². The van der Waals surface area contributed by atoms with Crippen LogP contribution in [0, 0.1) is 5.82 Å². The van der Waals surface area contributed by atoms with Crippen LogP contribution in [0.25, 0.3) is 11.3 Å². The van der Waals surface area contributed by atoms with E-state index in [1.807, 2.05) is 12.1 Å². The van der Waals surface area contributed by atoms with Gasteiger partial charge in [-0.3, -0.25) is 9.59 Å². The Morgan fingerprint density at radius 1 is 1.13 bits per heavy atom. The maximum Gasteiger partial charge on any atom is 0.266 e. The molecule has 1 N–H and O–H groups in total. The highest BCUT2D eigenvalue weighted by Gasteiger charge is 2.14. The molecule has 1 aromatic heterocycles. The number of amides is 1. The van der Waals surface area contributed by atoms with Gasteiger partial charge >= 0.3 is 0 Å². The van der Waals surface area contributed by atoms with Crippen LogP contribution in [0.15, 0.2) is 65.5 Å². The first-order chi connectivity index (χ1) is 14.4. The molecule has 0 fully saturated rings. The van der Waals surface area contributed by atoms with E-state index in [1.165, 1.54) is 35.0 Å². The van der Waals surface area contributed by atoms with E-state index in [2.05, 4.69) is 10.4 Å². The Morgan fingerprint density at radius 2 is 1.83 bits per heavy atom. The molecular weight excluding hydrogens is 409 g/mol. The molecule has 0 radical (unpaired) electrons. The summed E-state index contributed by atoms with van der Waals surface area (Å²) in [7, 11) is 0. The van der Waals surface area contributed by atoms with Gasteiger partial charge in [-0.25, -0.2) is 9.07 Å². The van der Waals surface area contributed by atoms with Crippen molar-refractivity contribution in [2.45, 2.75) is 26.0 Å². The van der Waals surface area contributed by atoms with Gasteiger partial charge in [-0.1, -0.05) is 23.7 Å². The second kappa shape index (κ2) is 10.0. The predicted molar refractivity (Wildman–Crippen MR) is 113 cm³/mol. The number of nitrogens with one attached hydrogen (secondary N) is 1. The summed E-state index contributed by atoms with van der Waals surface area (Å²) in [6.45, 7) is 2.32. The number of aromatic nitrogens is 2. The van der Waals surface area contributed by atoms with Gasteiger partial charge in [0.05, 0.1) is 5.69 Å². The number of ether oxygens (including phenoxy) is 1. The molecule has 0 unspecified atom stereocenters.